The maximum Gasteiger partial charge on any atom is 0.168 e. The predicted molar refractivity (Wildman–Crippen MR) is 76.4 cm³/mol. The largest absolute Gasteiger partial charge is 0.385 e. The van der Waals surface area contributed by atoms with Crippen molar-refractivity contribution in [1.29, 1.82) is 0 Å². The highest BCUT2D eigenvalue weighted by atomic mass is 24.3. The van der Waals surface area contributed by atoms with Crippen LogP contribution < -0.4 is 0 Å². The van der Waals surface area contributed by atoms with E-state index in [-0.39, 0.29) is 28.8 Å². The van der Waals surface area contributed by atoms with Crippen LogP contribution in [0.1, 0.15) is 38.5 Å². The molecule has 2 rings (SSSR count). The minimum absolute atomic E-state index is 0. The molecule has 0 aromatic rings. The molecule has 1 aliphatic carbocycles. The lowest BCUT2D eigenvalue weighted by Gasteiger charge is -2.47. The molecular weight excluding hydrogens is 254 g/mol. The predicted octanol–water partition coefficient (Wildman–Crippen LogP) is 1.65. The monoisotopic (exact) mass is 281 g/mol. The minimum Gasteiger partial charge on any atom is -0.385 e. The third kappa shape index (κ3) is 4.05. The molecule has 108 valence electrons. The molecule has 2 aliphatic rings. The Kier molecular flexibility index (Phi) is 7.03. The third-order valence-electron chi connectivity index (χ3n) is 4.70. The van der Waals surface area contributed by atoms with Gasteiger partial charge in [-0.2, -0.15) is 0 Å². The number of rotatable bonds is 5. The molecule has 1 spiro atoms. The molecule has 4 nitrogen and oxygen atoms in total. The molecule has 1 aliphatic heterocycles. The third-order valence-corrected chi connectivity index (χ3v) is 4.70. The van der Waals surface area contributed by atoms with Crippen molar-refractivity contribution in [3.8, 4) is 0 Å². The normalized spacial score (nSPS) is 24.6. The quantitative estimate of drug-likeness (QED) is 0.566. The zero-order chi connectivity index (χ0) is 13.1. The Balaban J connectivity index is 0.00000180. The second-order valence-electron chi connectivity index (χ2n) is 5.82. The standard InChI is InChI=1S/C14H27NO3.Mg/c1-15(2)13(5-4-10-16-3)6-8-14(9-7-13)17-11-12-18-14;/h4-12H2,1-3H3;. The van der Waals surface area contributed by atoms with Gasteiger partial charge in [0.1, 0.15) is 0 Å². The molecule has 1 saturated heterocycles. The summed E-state index contributed by atoms with van der Waals surface area (Å²) in [5.41, 5.74) is 0.305. The van der Waals surface area contributed by atoms with Crippen LogP contribution in [0.3, 0.4) is 0 Å². The highest BCUT2D eigenvalue weighted by Gasteiger charge is 2.46. The van der Waals surface area contributed by atoms with Crippen LogP contribution in [0.2, 0.25) is 0 Å². The SMILES string of the molecule is COCCCC1(N(C)C)CCC2(CC1)OCCO2.[Mg]. The lowest BCUT2D eigenvalue weighted by atomic mass is 9.75. The minimum atomic E-state index is -0.249. The lowest BCUT2D eigenvalue weighted by molar-refractivity contribution is -0.193. The fourth-order valence-corrected chi connectivity index (χ4v) is 3.35. The average Bonchev–Trinajstić information content (AvgIpc) is 2.81. The van der Waals surface area contributed by atoms with Gasteiger partial charge in [-0.3, -0.25) is 0 Å². The first kappa shape index (κ1) is 17.7. The van der Waals surface area contributed by atoms with Gasteiger partial charge in [-0.25, -0.2) is 0 Å². The van der Waals surface area contributed by atoms with Crippen LogP contribution in [-0.2, 0) is 14.2 Å². The van der Waals surface area contributed by atoms with Gasteiger partial charge in [0.25, 0.3) is 0 Å². The van der Waals surface area contributed by atoms with E-state index in [1.165, 1.54) is 6.42 Å². The Morgan fingerprint density at radius 2 is 1.63 bits per heavy atom. The summed E-state index contributed by atoms with van der Waals surface area (Å²) >= 11 is 0. The van der Waals surface area contributed by atoms with Gasteiger partial charge in [-0.15, -0.1) is 0 Å². The first-order valence-electron chi connectivity index (χ1n) is 7.07. The van der Waals surface area contributed by atoms with Gasteiger partial charge >= 0.3 is 0 Å². The summed E-state index contributed by atoms with van der Waals surface area (Å²) in [5, 5.41) is 0. The second-order valence-corrected chi connectivity index (χ2v) is 5.82. The van der Waals surface area contributed by atoms with Crippen LogP contribution in [-0.4, -0.2) is 80.3 Å². The summed E-state index contributed by atoms with van der Waals surface area (Å²) in [6.45, 7) is 2.38. The van der Waals surface area contributed by atoms with Gasteiger partial charge in [0.15, 0.2) is 5.79 Å². The summed E-state index contributed by atoms with van der Waals surface area (Å²) in [6.07, 6.45) is 6.69. The van der Waals surface area contributed by atoms with Crippen LogP contribution in [0.4, 0.5) is 0 Å². The first-order chi connectivity index (χ1) is 8.63. The van der Waals surface area contributed by atoms with Crippen molar-refractivity contribution in [3.63, 3.8) is 0 Å². The van der Waals surface area contributed by atoms with Crippen LogP contribution in [0.5, 0.6) is 0 Å². The van der Waals surface area contributed by atoms with Crippen molar-refractivity contribution < 1.29 is 14.2 Å². The number of hydrogen-bond donors (Lipinski definition) is 0. The number of ether oxygens (including phenoxy) is 3. The Morgan fingerprint density at radius 3 is 2.11 bits per heavy atom. The molecule has 0 amide bonds. The molecule has 0 aromatic heterocycles. The van der Waals surface area contributed by atoms with Crippen molar-refractivity contribution >= 4 is 23.1 Å². The van der Waals surface area contributed by atoms with E-state index in [4.69, 9.17) is 14.2 Å². The fourth-order valence-electron chi connectivity index (χ4n) is 3.35. The fraction of sp³-hybridized carbons (Fsp3) is 1.00. The average molecular weight is 282 g/mol. The van der Waals surface area contributed by atoms with Gasteiger partial charge in [-0.05, 0) is 39.8 Å². The topological polar surface area (TPSA) is 30.9 Å². The van der Waals surface area contributed by atoms with Crippen LogP contribution >= 0.6 is 0 Å². The summed E-state index contributed by atoms with van der Waals surface area (Å²) in [6, 6.07) is 0. The Labute approximate surface area is 133 Å². The summed E-state index contributed by atoms with van der Waals surface area (Å²) in [7, 11) is 6.17. The number of nitrogens with zero attached hydrogens (tertiary/aromatic N) is 1. The number of methoxy groups -OCH3 is 1. The molecule has 1 saturated carbocycles. The maximum atomic E-state index is 5.81. The molecule has 0 aromatic carbocycles. The zero-order valence-electron chi connectivity index (χ0n) is 12.7. The van der Waals surface area contributed by atoms with E-state index < -0.39 is 0 Å². The van der Waals surface area contributed by atoms with Crippen molar-refractivity contribution in [3.05, 3.63) is 0 Å². The van der Waals surface area contributed by atoms with Crippen LogP contribution in [0, 0.1) is 0 Å². The molecule has 0 bridgehead atoms. The van der Waals surface area contributed by atoms with E-state index in [0.717, 1.165) is 51.9 Å². The molecule has 1 heterocycles. The van der Waals surface area contributed by atoms with E-state index in [9.17, 15) is 0 Å². The molecular formula is C14H27MgNO3. The molecule has 5 heteroatoms. The lowest BCUT2D eigenvalue weighted by Crippen LogP contribution is -2.51. The van der Waals surface area contributed by atoms with Crippen molar-refractivity contribution in [2.24, 2.45) is 0 Å². The molecule has 0 atom stereocenters. The van der Waals surface area contributed by atoms with Crippen molar-refractivity contribution in [2.45, 2.75) is 49.9 Å². The summed E-state index contributed by atoms with van der Waals surface area (Å²) in [5.74, 6) is -0.249. The van der Waals surface area contributed by atoms with E-state index in [2.05, 4.69) is 19.0 Å². The molecule has 2 radical (unpaired) electrons. The molecule has 0 N–H and O–H groups in total. The maximum absolute atomic E-state index is 5.81. The van der Waals surface area contributed by atoms with Gasteiger partial charge in [0, 0.05) is 55.2 Å². The summed E-state index contributed by atoms with van der Waals surface area (Å²) in [4.78, 5) is 2.39. The Morgan fingerprint density at radius 1 is 1.05 bits per heavy atom. The summed E-state index contributed by atoms with van der Waals surface area (Å²) < 4.78 is 16.8. The number of hydrogen-bond acceptors (Lipinski definition) is 4. The van der Waals surface area contributed by atoms with Gasteiger partial charge in [0.2, 0.25) is 0 Å². The molecule has 19 heavy (non-hydrogen) atoms. The smallest absolute Gasteiger partial charge is 0.168 e. The van der Waals surface area contributed by atoms with Crippen LogP contribution in [0.15, 0.2) is 0 Å². The van der Waals surface area contributed by atoms with Gasteiger partial charge in [0.05, 0.1) is 13.2 Å². The Bertz CT molecular complexity index is 257. The zero-order valence-corrected chi connectivity index (χ0v) is 14.2. The first-order valence-corrected chi connectivity index (χ1v) is 7.07. The van der Waals surface area contributed by atoms with Crippen molar-refractivity contribution in [1.82, 2.24) is 4.90 Å². The highest BCUT2D eigenvalue weighted by molar-refractivity contribution is 5.75. The van der Waals surface area contributed by atoms with Gasteiger partial charge < -0.3 is 19.1 Å². The molecule has 2 fully saturated rings. The van der Waals surface area contributed by atoms with E-state index >= 15 is 0 Å². The Hall–Kier alpha value is 0.606. The second kappa shape index (κ2) is 7.57. The highest BCUT2D eigenvalue weighted by Crippen LogP contribution is 2.44. The van der Waals surface area contributed by atoms with Crippen LogP contribution in [0.25, 0.3) is 0 Å². The van der Waals surface area contributed by atoms with E-state index in [1.807, 2.05) is 0 Å². The molecule has 0 unspecified atom stereocenters. The van der Waals surface area contributed by atoms with E-state index in [0.29, 0.717) is 5.54 Å². The van der Waals surface area contributed by atoms with Gasteiger partial charge in [-0.1, -0.05) is 0 Å². The van der Waals surface area contributed by atoms with E-state index in [1.54, 1.807) is 7.11 Å². The van der Waals surface area contributed by atoms with Crippen molar-refractivity contribution in [2.75, 3.05) is 41.0 Å².